The standard InChI is InChI=1S/C19H21N3O3/c1-2-21-13-16(8-9-17(21)23)20-18(24)19(25)22-11-10-15(12-22)14-6-4-3-5-7-14/h3-9,13,15H,2,10-12H2,1H3,(H,20,24)/t15-/m0/s1. The van der Waals surface area contributed by atoms with Crippen molar-refractivity contribution in [3.05, 3.63) is 64.6 Å². The molecule has 0 radical (unpaired) electrons. The van der Waals surface area contributed by atoms with Gasteiger partial charge in [0.05, 0.1) is 5.69 Å². The lowest BCUT2D eigenvalue weighted by Crippen LogP contribution is -2.38. The summed E-state index contributed by atoms with van der Waals surface area (Å²) >= 11 is 0. The molecule has 1 N–H and O–H groups in total. The molecule has 3 rings (SSSR count). The minimum absolute atomic E-state index is 0.142. The van der Waals surface area contributed by atoms with Crippen LogP contribution in [0.3, 0.4) is 0 Å². The molecule has 1 saturated heterocycles. The molecule has 25 heavy (non-hydrogen) atoms. The van der Waals surface area contributed by atoms with Crippen molar-refractivity contribution < 1.29 is 9.59 Å². The van der Waals surface area contributed by atoms with Crippen LogP contribution in [0, 0.1) is 0 Å². The van der Waals surface area contributed by atoms with Crippen LogP contribution in [0.4, 0.5) is 5.69 Å². The van der Waals surface area contributed by atoms with Gasteiger partial charge in [-0.2, -0.15) is 0 Å². The van der Waals surface area contributed by atoms with Crippen LogP contribution in [-0.4, -0.2) is 34.4 Å². The Labute approximate surface area is 146 Å². The Balaban J connectivity index is 1.63. The first kappa shape index (κ1) is 17.0. The summed E-state index contributed by atoms with van der Waals surface area (Å²) in [5.74, 6) is -0.942. The number of benzene rings is 1. The number of hydrogen-bond acceptors (Lipinski definition) is 3. The van der Waals surface area contributed by atoms with Crippen LogP contribution in [0.15, 0.2) is 53.5 Å². The molecule has 1 aliphatic rings. The number of anilines is 1. The van der Waals surface area contributed by atoms with Crippen LogP contribution >= 0.6 is 0 Å². The molecular formula is C19H21N3O3. The number of nitrogens with zero attached hydrogens (tertiary/aromatic N) is 2. The van der Waals surface area contributed by atoms with Gasteiger partial charge in [0.2, 0.25) is 0 Å². The summed E-state index contributed by atoms with van der Waals surface area (Å²) in [4.78, 5) is 37.8. The lowest BCUT2D eigenvalue weighted by molar-refractivity contribution is -0.142. The van der Waals surface area contributed by atoms with Crippen molar-refractivity contribution in [2.24, 2.45) is 0 Å². The van der Waals surface area contributed by atoms with Gasteiger partial charge in [0, 0.05) is 37.8 Å². The molecule has 2 aromatic rings. The van der Waals surface area contributed by atoms with Gasteiger partial charge in [0.1, 0.15) is 0 Å². The van der Waals surface area contributed by atoms with Gasteiger partial charge in [-0.1, -0.05) is 30.3 Å². The SMILES string of the molecule is CCn1cc(NC(=O)C(=O)N2CC[C@H](c3ccccc3)C2)ccc1=O. The van der Waals surface area contributed by atoms with E-state index in [0.29, 0.717) is 25.3 Å². The van der Waals surface area contributed by atoms with Crippen LogP contribution in [0.25, 0.3) is 0 Å². The molecule has 0 bridgehead atoms. The lowest BCUT2D eigenvalue weighted by Gasteiger charge is -2.16. The minimum Gasteiger partial charge on any atom is -0.334 e. The molecule has 0 aliphatic carbocycles. The number of aromatic nitrogens is 1. The molecule has 0 unspecified atom stereocenters. The summed E-state index contributed by atoms with van der Waals surface area (Å²) in [7, 11) is 0. The summed E-state index contributed by atoms with van der Waals surface area (Å²) in [5, 5.41) is 2.59. The fourth-order valence-corrected chi connectivity index (χ4v) is 3.12. The second-order valence-electron chi connectivity index (χ2n) is 6.14. The largest absolute Gasteiger partial charge is 0.334 e. The van der Waals surface area contributed by atoms with Gasteiger partial charge in [0.25, 0.3) is 5.56 Å². The molecule has 2 heterocycles. The van der Waals surface area contributed by atoms with Crippen LogP contribution < -0.4 is 10.9 Å². The zero-order valence-electron chi connectivity index (χ0n) is 14.1. The molecule has 2 amide bonds. The molecule has 6 nitrogen and oxygen atoms in total. The Morgan fingerprint density at radius 3 is 2.64 bits per heavy atom. The van der Waals surface area contributed by atoms with Crippen molar-refractivity contribution in [2.75, 3.05) is 18.4 Å². The van der Waals surface area contributed by atoms with Crippen molar-refractivity contribution in [3.63, 3.8) is 0 Å². The van der Waals surface area contributed by atoms with Crippen molar-refractivity contribution in [1.29, 1.82) is 0 Å². The highest BCUT2D eigenvalue weighted by atomic mass is 16.2. The highest BCUT2D eigenvalue weighted by Gasteiger charge is 2.30. The zero-order chi connectivity index (χ0) is 17.8. The molecule has 1 aliphatic heterocycles. The summed E-state index contributed by atoms with van der Waals surface area (Å²) < 4.78 is 1.47. The third-order valence-corrected chi connectivity index (χ3v) is 4.52. The van der Waals surface area contributed by atoms with Gasteiger partial charge in [0.15, 0.2) is 0 Å². The second-order valence-corrected chi connectivity index (χ2v) is 6.14. The number of nitrogens with one attached hydrogen (secondary N) is 1. The maximum atomic E-state index is 12.4. The van der Waals surface area contributed by atoms with Gasteiger partial charge in [-0.25, -0.2) is 0 Å². The molecule has 1 atom stereocenters. The second kappa shape index (κ2) is 7.34. The minimum atomic E-state index is -0.671. The Morgan fingerprint density at radius 1 is 1.16 bits per heavy atom. The third-order valence-electron chi connectivity index (χ3n) is 4.52. The Bertz CT molecular complexity index is 829. The molecular weight excluding hydrogens is 318 g/mol. The highest BCUT2D eigenvalue weighted by molar-refractivity contribution is 6.39. The average Bonchev–Trinajstić information content (AvgIpc) is 3.13. The van der Waals surface area contributed by atoms with Gasteiger partial charge >= 0.3 is 11.8 Å². The Kier molecular flexibility index (Phi) is 4.97. The smallest absolute Gasteiger partial charge is 0.313 e. The van der Waals surface area contributed by atoms with Gasteiger partial charge in [-0.3, -0.25) is 14.4 Å². The normalized spacial score (nSPS) is 16.7. The third kappa shape index (κ3) is 3.79. The van der Waals surface area contributed by atoms with E-state index in [1.165, 1.54) is 22.3 Å². The van der Waals surface area contributed by atoms with E-state index in [1.807, 2.05) is 37.3 Å². The van der Waals surface area contributed by atoms with E-state index in [4.69, 9.17) is 0 Å². The van der Waals surface area contributed by atoms with Crippen molar-refractivity contribution >= 4 is 17.5 Å². The number of carbonyl (C=O) groups is 2. The number of likely N-dealkylation sites (tertiary alicyclic amines) is 1. The van der Waals surface area contributed by atoms with E-state index in [0.717, 1.165) is 6.42 Å². The summed E-state index contributed by atoms with van der Waals surface area (Å²) in [6.07, 6.45) is 2.40. The molecule has 1 aromatic carbocycles. The number of aryl methyl sites for hydroxylation is 1. The highest BCUT2D eigenvalue weighted by Crippen LogP contribution is 2.27. The van der Waals surface area contributed by atoms with E-state index >= 15 is 0 Å². The maximum Gasteiger partial charge on any atom is 0.313 e. The first-order valence-electron chi connectivity index (χ1n) is 8.44. The molecule has 130 valence electrons. The number of rotatable bonds is 3. The van der Waals surface area contributed by atoms with E-state index in [9.17, 15) is 14.4 Å². The monoisotopic (exact) mass is 339 g/mol. The van der Waals surface area contributed by atoms with Crippen molar-refractivity contribution in [2.45, 2.75) is 25.8 Å². The quantitative estimate of drug-likeness (QED) is 0.867. The van der Waals surface area contributed by atoms with Crippen molar-refractivity contribution in [1.82, 2.24) is 9.47 Å². The predicted octanol–water partition coefficient (Wildman–Crippen LogP) is 1.82. The van der Waals surface area contributed by atoms with Crippen molar-refractivity contribution in [3.8, 4) is 0 Å². The van der Waals surface area contributed by atoms with E-state index in [-0.39, 0.29) is 11.5 Å². The number of amides is 2. The topological polar surface area (TPSA) is 71.4 Å². The molecule has 1 fully saturated rings. The van der Waals surface area contributed by atoms with Gasteiger partial charge < -0.3 is 14.8 Å². The number of carbonyl (C=O) groups excluding carboxylic acids is 2. The van der Waals surface area contributed by atoms with Gasteiger partial charge in [-0.15, -0.1) is 0 Å². The number of pyridine rings is 1. The average molecular weight is 339 g/mol. The maximum absolute atomic E-state index is 12.4. The summed E-state index contributed by atoms with van der Waals surface area (Å²) in [6, 6.07) is 12.9. The Morgan fingerprint density at radius 2 is 1.92 bits per heavy atom. The fraction of sp³-hybridized carbons (Fsp3) is 0.316. The van der Waals surface area contributed by atoms with Crippen LogP contribution in [0.5, 0.6) is 0 Å². The van der Waals surface area contributed by atoms with E-state index in [2.05, 4.69) is 5.32 Å². The summed E-state index contributed by atoms with van der Waals surface area (Å²) in [5.41, 5.74) is 1.49. The molecule has 0 saturated carbocycles. The van der Waals surface area contributed by atoms with Crippen LogP contribution in [0.1, 0.15) is 24.8 Å². The Hall–Kier alpha value is -2.89. The summed E-state index contributed by atoms with van der Waals surface area (Å²) in [6.45, 7) is 3.46. The fourth-order valence-electron chi connectivity index (χ4n) is 3.12. The zero-order valence-corrected chi connectivity index (χ0v) is 14.1. The van der Waals surface area contributed by atoms with Gasteiger partial charge in [-0.05, 0) is 25.0 Å². The number of hydrogen-bond donors (Lipinski definition) is 1. The predicted molar refractivity (Wildman–Crippen MR) is 95.4 cm³/mol. The first-order valence-corrected chi connectivity index (χ1v) is 8.44. The lowest BCUT2D eigenvalue weighted by atomic mass is 9.99. The first-order chi connectivity index (χ1) is 12.1. The molecule has 6 heteroatoms. The van der Waals surface area contributed by atoms with E-state index < -0.39 is 11.8 Å². The van der Waals surface area contributed by atoms with Crippen LogP contribution in [0.2, 0.25) is 0 Å². The molecule has 0 spiro atoms. The van der Waals surface area contributed by atoms with E-state index in [1.54, 1.807) is 11.1 Å². The van der Waals surface area contributed by atoms with Crippen LogP contribution in [-0.2, 0) is 16.1 Å². The molecule has 1 aromatic heterocycles.